The number of esters is 1. The van der Waals surface area contributed by atoms with Gasteiger partial charge in [0.05, 0.1) is 0 Å². The van der Waals surface area contributed by atoms with Crippen LogP contribution in [-0.2, 0) is 14.3 Å². The van der Waals surface area contributed by atoms with Gasteiger partial charge in [-0.05, 0) is 51.2 Å². The van der Waals surface area contributed by atoms with Crippen LogP contribution in [0.2, 0.25) is 0 Å². The van der Waals surface area contributed by atoms with E-state index in [1.165, 1.54) is 0 Å². The predicted octanol–water partition coefficient (Wildman–Crippen LogP) is 4.54. The molecule has 1 amide bonds. The third-order valence-electron chi connectivity index (χ3n) is 5.59. The molecule has 1 aliphatic heterocycles. The molecule has 1 heterocycles. The summed E-state index contributed by atoms with van der Waals surface area (Å²) in [5.41, 5.74) is 1.72. The van der Waals surface area contributed by atoms with Crippen LogP contribution in [0.15, 0.2) is 60.7 Å². The van der Waals surface area contributed by atoms with Crippen molar-refractivity contribution in [3.63, 3.8) is 0 Å². The highest BCUT2D eigenvalue weighted by molar-refractivity contribution is 5.87. The molecule has 0 radical (unpaired) electrons. The molecule has 3 rings (SSSR count). The molecule has 4 heteroatoms. The van der Waals surface area contributed by atoms with Crippen molar-refractivity contribution in [1.29, 1.82) is 0 Å². The van der Waals surface area contributed by atoms with Gasteiger partial charge in [0, 0.05) is 12.1 Å². The van der Waals surface area contributed by atoms with E-state index in [9.17, 15) is 9.59 Å². The predicted molar refractivity (Wildman–Crippen MR) is 110 cm³/mol. The van der Waals surface area contributed by atoms with E-state index in [0.717, 1.165) is 30.4 Å². The normalized spacial score (nSPS) is 20.6. The molecule has 2 aromatic carbocycles. The summed E-state index contributed by atoms with van der Waals surface area (Å²) >= 11 is 0. The van der Waals surface area contributed by atoms with Crippen molar-refractivity contribution in [1.82, 2.24) is 4.90 Å². The minimum absolute atomic E-state index is 0.104. The van der Waals surface area contributed by atoms with Crippen LogP contribution in [0.25, 0.3) is 0 Å². The van der Waals surface area contributed by atoms with Gasteiger partial charge in [-0.15, -0.1) is 0 Å². The van der Waals surface area contributed by atoms with E-state index in [1.54, 1.807) is 6.92 Å². The molecule has 0 saturated carbocycles. The van der Waals surface area contributed by atoms with Gasteiger partial charge in [0.15, 0.2) is 6.10 Å². The number of rotatable bonds is 5. The second kappa shape index (κ2) is 9.05. The molecule has 0 N–H and O–H groups in total. The Balaban J connectivity index is 1.79. The van der Waals surface area contributed by atoms with Crippen LogP contribution in [0, 0.1) is 0 Å². The number of amides is 1. The molecule has 2 aromatic rings. The van der Waals surface area contributed by atoms with Gasteiger partial charge in [-0.3, -0.25) is 9.59 Å². The summed E-state index contributed by atoms with van der Waals surface area (Å²) in [6.07, 6.45) is 2.32. The average molecular weight is 380 g/mol. The smallest absolute Gasteiger partial charge is 0.318 e. The molecule has 1 aliphatic rings. The standard InChI is InChI=1S/C24H29NO3/c1-17-11-10-12-18(2)25(17)23(26)19(3)28-24(27)22(20-13-6-4-7-14-20)21-15-8-5-9-16-21/h4-9,13-19,22H,10-12H2,1-3H3/t17-,18-,19+/m1/s1. The lowest BCUT2D eigenvalue weighted by atomic mass is 9.91. The Morgan fingerprint density at radius 1 is 0.893 bits per heavy atom. The van der Waals surface area contributed by atoms with Crippen LogP contribution < -0.4 is 0 Å². The highest BCUT2D eigenvalue weighted by Gasteiger charge is 2.34. The average Bonchev–Trinajstić information content (AvgIpc) is 2.69. The summed E-state index contributed by atoms with van der Waals surface area (Å²) in [7, 11) is 0. The Kier molecular flexibility index (Phi) is 6.50. The number of benzene rings is 2. The van der Waals surface area contributed by atoms with Crippen LogP contribution in [-0.4, -0.2) is 35.0 Å². The molecule has 1 fully saturated rings. The second-order valence-electron chi connectivity index (χ2n) is 7.71. The number of nitrogens with zero attached hydrogens (tertiary/aromatic N) is 1. The molecule has 0 unspecified atom stereocenters. The summed E-state index contributed by atoms with van der Waals surface area (Å²) in [4.78, 5) is 28.0. The van der Waals surface area contributed by atoms with E-state index in [4.69, 9.17) is 4.74 Å². The largest absolute Gasteiger partial charge is 0.452 e. The van der Waals surface area contributed by atoms with Crippen LogP contribution in [0.5, 0.6) is 0 Å². The lowest BCUT2D eigenvalue weighted by Crippen LogP contribution is -2.51. The molecular weight excluding hydrogens is 350 g/mol. The SMILES string of the molecule is C[C@H](OC(=O)C(c1ccccc1)c1ccccc1)C(=O)N1[C@H](C)CCC[C@H]1C. The zero-order chi connectivity index (χ0) is 20.1. The minimum atomic E-state index is -0.801. The van der Waals surface area contributed by atoms with Gasteiger partial charge in [-0.1, -0.05) is 60.7 Å². The van der Waals surface area contributed by atoms with E-state index in [0.29, 0.717) is 0 Å². The molecule has 28 heavy (non-hydrogen) atoms. The monoisotopic (exact) mass is 379 g/mol. The van der Waals surface area contributed by atoms with Crippen molar-refractivity contribution in [3.05, 3.63) is 71.8 Å². The maximum Gasteiger partial charge on any atom is 0.318 e. The molecule has 0 aromatic heterocycles. The van der Waals surface area contributed by atoms with Crippen LogP contribution in [0.1, 0.15) is 57.1 Å². The lowest BCUT2D eigenvalue weighted by molar-refractivity contribution is -0.162. The molecule has 1 saturated heterocycles. The van der Waals surface area contributed by atoms with Gasteiger partial charge in [-0.25, -0.2) is 0 Å². The van der Waals surface area contributed by atoms with Gasteiger partial charge in [-0.2, -0.15) is 0 Å². The third-order valence-corrected chi connectivity index (χ3v) is 5.59. The lowest BCUT2D eigenvalue weighted by Gasteiger charge is -2.40. The number of hydrogen-bond donors (Lipinski definition) is 0. The summed E-state index contributed by atoms with van der Waals surface area (Å²) in [5, 5.41) is 0. The van der Waals surface area contributed by atoms with Gasteiger partial charge in [0.25, 0.3) is 5.91 Å². The Hall–Kier alpha value is -2.62. The van der Waals surface area contributed by atoms with E-state index in [2.05, 4.69) is 13.8 Å². The topological polar surface area (TPSA) is 46.6 Å². The molecular formula is C24H29NO3. The second-order valence-corrected chi connectivity index (χ2v) is 7.71. The van der Waals surface area contributed by atoms with E-state index in [1.807, 2.05) is 65.6 Å². The summed E-state index contributed by atoms with van der Waals surface area (Å²) in [6.45, 7) is 5.82. The summed E-state index contributed by atoms with van der Waals surface area (Å²) < 4.78 is 5.70. The Morgan fingerprint density at radius 2 is 1.36 bits per heavy atom. The van der Waals surface area contributed by atoms with Gasteiger partial charge < -0.3 is 9.64 Å². The number of piperidine rings is 1. The Morgan fingerprint density at radius 3 is 1.82 bits per heavy atom. The first-order valence-electron chi connectivity index (χ1n) is 10.1. The Labute approximate surface area is 167 Å². The summed E-state index contributed by atoms with van der Waals surface area (Å²) in [6, 6.07) is 19.5. The van der Waals surface area contributed by atoms with Crippen LogP contribution >= 0.6 is 0 Å². The molecule has 0 bridgehead atoms. The Bertz CT molecular complexity index is 741. The number of ether oxygens (including phenoxy) is 1. The van der Waals surface area contributed by atoms with E-state index >= 15 is 0 Å². The van der Waals surface area contributed by atoms with E-state index < -0.39 is 18.0 Å². The van der Waals surface area contributed by atoms with Crippen LogP contribution in [0.3, 0.4) is 0 Å². The fraction of sp³-hybridized carbons (Fsp3) is 0.417. The van der Waals surface area contributed by atoms with Crippen molar-refractivity contribution < 1.29 is 14.3 Å². The van der Waals surface area contributed by atoms with Crippen molar-refractivity contribution in [2.24, 2.45) is 0 Å². The number of carbonyl (C=O) groups is 2. The first kappa shape index (κ1) is 20.1. The zero-order valence-electron chi connectivity index (χ0n) is 16.9. The van der Waals surface area contributed by atoms with Crippen LogP contribution in [0.4, 0.5) is 0 Å². The van der Waals surface area contributed by atoms with Crippen molar-refractivity contribution >= 4 is 11.9 Å². The highest BCUT2D eigenvalue weighted by atomic mass is 16.5. The quantitative estimate of drug-likeness (QED) is 0.717. The molecule has 3 atom stereocenters. The van der Waals surface area contributed by atoms with Gasteiger partial charge in [0.1, 0.15) is 5.92 Å². The van der Waals surface area contributed by atoms with Gasteiger partial charge in [0.2, 0.25) is 0 Å². The highest BCUT2D eigenvalue weighted by Crippen LogP contribution is 2.28. The van der Waals surface area contributed by atoms with Crippen molar-refractivity contribution in [3.8, 4) is 0 Å². The number of likely N-dealkylation sites (tertiary alicyclic amines) is 1. The first-order valence-corrected chi connectivity index (χ1v) is 10.1. The molecule has 0 aliphatic carbocycles. The van der Waals surface area contributed by atoms with Crippen molar-refractivity contribution in [2.45, 2.75) is 64.1 Å². The first-order chi connectivity index (χ1) is 13.5. The van der Waals surface area contributed by atoms with E-state index in [-0.39, 0.29) is 18.0 Å². The molecule has 148 valence electrons. The summed E-state index contributed by atoms with van der Waals surface area (Å²) in [5.74, 6) is -1.04. The zero-order valence-corrected chi connectivity index (χ0v) is 16.9. The number of carbonyl (C=O) groups excluding carboxylic acids is 2. The molecule has 4 nitrogen and oxygen atoms in total. The molecule has 0 spiro atoms. The minimum Gasteiger partial charge on any atom is -0.452 e. The van der Waals surface area contributed by atoms with Gasteiger partial charge >= 0.3 is 5.97 Å². The fourth-order valence-electron chi connectivity index (χ4n) is 4.11. The fourth-order valence-corrected chi connectivity index (χ4v) is 4.11. The maximum atomic E-state index is 13.1. The third kappa shape index (κ3) is 4.44. The van der Waals surface area contributed by atoms with Crippen molar-refractivity contribution in [2.75, 3.05) is 0 Å². The maximum absolute atomic E-state index is 13.1. The number of hydrogen-bond acceptors (Lipinski definition) is 3.